The molecule has 0 bridgehead atoms. The first-order valence-corrected chi connectivity index (χ1v) is 7.97. The molecule has 2 fully saturated rings. The number of hydrogen-bond acceptors (Lipinski definition) is 4. The van der Waals surface area contributed by atoms with Crippen LogP contribution in [-0.2, 0) is 14.3 Å². The van der Waals surface area contributed by atoms with E-state index in [-0.39, 0.29) is 18.1 Å². The van der Waals surface area contributed by atoms with Crippen molar-refractivity contribution in [3.05, 3.63) is 41.5 Å². The molecule has 2 saturated heterocycles. The van der Waals surface area contributed by atoms with Crippen LogP contribution in [0.5, 0.6) is 0 Å². The molecule has 1 atom stereocenters. The minimum Gasteiger partial charge on any atom is -0.350 e. The van der Waals surface area contributed by atoms with E-state index in [1.807, 2.05) is 23.1 Å². The van der Waals surface area contributed by atoms with Gasteiger partial charge in [-0.25, -0.2) is 0 Å². The van der Waals surface area contributed by atoms with Crippen LogP contribution in [0.15, 0.2) is 30.3 Å². The molecule has 1 unspecified atom stereocenters. The van der Waals surface area contributed by atoms with Gasteiger partial charge >= 0.3 is 0 Å². The molecule has 0 spiro atoms. The van der Waals surface area contributed by atoms with Gasteiger partial charge in [-0.1, -0.05) is 18.2 Å². The fourth-order valence-electron chi connectivity index (χ4n) is 3.09. The Balaban J connectivity index is 1.63. The number of rotatable bonds is 3. The molecule has 1 aromatic carbocycles. The lowest BCUT2D eigenvalue weighted by Crippen LogP contribution is -2.43. The summed E-state index contributed by atoms with van der Waals surface area (Å²) in [5.41, 5.74) is 1.33. The Morgan fingerprint density at radius 1 is 1.30 bits per heavy atom. The van der Waals surface area contributed by atoms with Gasteiger partial charge in [0, 0.05) is 25.1 Å². The molecule has 2 aliphatic heterocycles. The van der Waals surface area contributed by atoms with Gasteiger partial charge < -0.3 is 14.4 Å². The van der Waals surface area contributed by atoms with Crippen LogP contribution < -0.4 is 0 Å². The quantitative estimate of drug-likeness (QED) is 0.803. The number of likely N-dealkylation sites (tertiary alicyclic amines) is 1. The maximum Gasteiger partial charge on any atom is 0.246 e. The molecule has 23 heavy (non-hydrogen) atoms. The number of nitriles is 1. The minimum absolute atomic E-state index is 0.0274. The molecule has 3 rings (SSSR count). The van der Waals surface area contributed by atoms with Gasteiger partial charge in [-0.3, -0.25) is 4.79 Å². The molecule has 5 nitrogen and oxygen atoms in total. The van der Waals surface area contributed by atoms with E-state index in [2.05, 4.69) is 6.07 Å². The average Bonchev–Trinajstić information content (AvgIpc) is 3.14. The minimum atomic E-state index is -0.172. The zero-order chi connectivity index (χ0) is 16.1. The molecule has 1 aromatic rings. The Morgan fingerprint density at radius 3 is 2.87 bits per heavy atom. The number of hydrogen-bond donors (Lipinski definition) is 0. The third-order valence-corrected chi connectivity index (χ3v) is 4.29. The van der Waals surface area contributed by atoms with Crippen LogP contribution >= 0.6 is 0 Å². The van der Waals surface area contributed by atoms with E-state index in [4.69, 9.17) is 14.7 Å². The molecule has 0 aliphatic carbocycles. The van der Waals surface area contributed by atoms with Crippen molar-refractivity contribution in [2.24, 2.45) is 5.92 Å². The van der Waals surface area contributed by atoms with Gasteiger partial charge in [-0.15, -0.1) is 0 Å². The van der Waals surface area contributed by atoms with Gasteiger partial charge in [-0.2, -0.15) is 5.26 Å². The van der Waals surface area contributed by atoms with Crippen LogP contribution in [0.2, 0.25) is 0 Å². The lowest BCUT2D eigenvalue weighted by molar-refractivity contribution is -0.134. The third-order valence-electron chi connectivity index (χ3n) is 4.29. The topological polar surface area (TPSA) is 62.6 Å². The Labute approximate surface area is 136 Å². The van der Waals surface area contributed by atoms with E-state index < -0.39 is 0 Å². The number of ether oxygens (including phenoxy) is 2. The van der Waals surface area contributed by atoms with E-state index in [9.17, 15) is 4.79 Å². The second-order valence-corrected chi connectivity index (χ2v) is 5.83. The summed E-state index contributed by atoms with van der Waals surface area (Å²) in [5.74, 6) is 0.218. The smallest absolute Gasteiger partial charge is 0.246 e. The molecule has 2 heterocycles. The number of benzene rings is 1. The fraction of sp³-hybridized carbons (Fsp3) is 0.444. The first-order chi connectivity index (χ1) is 11.3. The molecule has 5 heteroatoms. The highest BCUT2D eigenvalue weighted by Gasteiger charge is 2.32. The van der Waals surface area contributed by atoms with Gasteiger partial charge in [0.15, 0.2) is 6.29 Å². The van der Waals surface area contributed by atoms with Crippen molar-refractivity contribution in [2.45, 2.75) is 19.1 Å². The van der Waals surface area contributed by atoms with Gasteiger partial charge in [-0.05, 0) is 30.5 Å². The predicted molar refractivity (Wildman–Crippen MR) is 85.2 cm³/mol. The summed E-state index contributed by atoms with van der Waals surface area (Å²) < 4.78 is 11.1. The van der Waals surface area contributed by atoms with Crippen molar-refractivity contribution in [1.29, 1.82) is 5.26 Å². The highest BCUT2D eigenvalue weighted by Crippen LogP contribution is 2.25. The molecule has 0 saturated carbocycles. The van der Waals surface area contributed by atoms with E-state index in [1.54, 1.807) is 18.2 Å². The van der Waals surface area contributed by atoms with Crippen LogP contribution in [0.1, 0.15) is 24.0 Å². The van der Waals surface area contributed by atoms with Crippen LogP contribution in [-0.4, -0.2) is 43.4 Å². The molecule has 0 N–H and O–H groups in total. The normalized spacial score (nSPS) is 22.4. The largest absolute Gasteiger partial charge is 0.350 e. The number of carbonyl (C=O) groups is 1. The summed E-state index contributed by atoms with van der Waals surface area (Å²) in [6.07, 6.45) is 5.08. The SMILES string of the molecule is N#Cc1ccccc1/C=C/C(=O)N1CCCC(C2OCCO2)C1. The first kappa shape index (κ1) is 15.7. The first-order valence-electron chi connectivity index (χ1n) is 7.97. The highest BCUT2D eigenvalue weighted by molar-refractivity contribution is 5.92. The van der Waals surface area contributed by atoms with Crippen molar-refractivity contribution in [3.8, 4) is 6.07 Å². The zero-order valence-corrected chi connectivity index (χ0v) is 13.0. The maximum absolute atomic E-state index is 12.4. The molecule has 0 radical (unpaired) electrons. The lowest BCUT2D eigenvalue weighted by atomic mass is 9.97. The third kappa shape index (κ3) is 3.79. The van der Waals surface area contributed by atoms with Crippen molar-refractivity contribution in [3.63, 3.8) is 0 Å². The Hall–Kier alpha value is -2.16. The van der Waals surface area contributed by atoms with Gasteiger partial charge in [0.25, 0.3) is 0 Å². The Morgan fingerprint density at radius 2 is 2.09 bits per heavy atom. The maximum atomic E-state index is 12.4. The standard InChI is InChI=1S/C18H20N2O3/c19-12-15-5-2-1-4-14(15)7-8-17(21)20-9-3-6-16(13-20)18-22-10-11-23-18/h1-2,4-5,7-8,16,18H,3,6,9-11,13H2/b8-7+. The number of piperidine rings is 1. The molecule has 120 valence electrons. The summed E-state index contributed by atoms with van der Waals surface area (Å²) in [5, 5.41) is 9.08. The van der Waals surface area contributed by atoms with Crippen LogP contribution in [0, 0.1) is 17.2 Å². The van der Waals surface area contributed by atoms with Crippen molar-refractivity contribution >= 4 is 12.0 Å². The highest BCUT2D eigenvalue weighted by atomic mass is 16.7. The monoisotopic (exact) mass is 312 g/mol. The van der Waals surface area contributed by atoms with E-state index in [0.29, 0.717) is 25.3 Å². The summed E-state index contributed by atoms with van der Waals surface area (Å²) in [4.78, 5) is 14.2. The predicted octanol–water partition coefficient (Wildman–Crippen LogP) is 2.18. The van der Waals surface area contributed by atoms with Gasteiger partial charge in [0.05, 0.1) is 24.8 Å². The molecular weight excluding hydrogens is 292 g/mol. The average molecular weight is 312 g/mol. The molecular formula is C18H20N2O3. The van der Waals surface area contributed by atoms with E-state index in [1.165, 1.54) is 0 Å². The van der Waals surface area contributed by atoms with Gasteiger partial charge in [0.2, 0.25) is 5.91 Å². The molecule has 1 amide bonds. The van der Waals surface area contributed by atoms with Crippen LogP contribution in [0.4, 0.5) is 0 Å². The number of nitrogens with zero attached hydrogens (tertiary/aromatic N) is 2. The Bertz CT molecular complexity index is 629. The van der Waals surface area contributed by atoms with Crippen molar-refractivity contribution in [1.82, 2.24) is 4.90 Å². The van der Waals surface area contributed by atoms with Gasteiger partial charge in [0.1, 0.15) is 0 Å². The summed E-state index contributed by atoms with van der Waals surface area (Å²) in [7, 11) is 0. The number of carbonyl (C=O) groups excluding carboxylic acids is 1. The summed E-state index contributed by atoms with van der Waals surface area (Å²) >= 11 is 0. The lowest BCUT2D eigenvalue weighted by Gasteiger charge is -2.34. The number of amides is 1. The van der Waals surface area contributed by atoms with Crippen LogP contribution in [0.3, 0.4) is 0 Å². The van der Waals surface area contributed by atoms with Crippen molar-refractivity contribution in [2.75, 3.05) is 26.3 Å². The summed E-state index contributed by atoms with van der Waals surface area (Å²) in [6, 6.07) is 9.39. The fourth-order valence-corrected chi connectivity index (χ4v) is 3.09. The Kier molecular flexibility index (Phi) is 5.06. The molecule has 2 aliphatic rings. The zero-order valence-electron chi connectivity index (χ0n) is 13.0. The van der Waals surface area contributed by atoms with E-state index in [0.717, 1.165) is 24.9 Å². The summed E-state index contributed by atoms with van der Waals surface area (Å²) in [6.45, 7) is 2.69. The second kappa shape index (κ2) is 7.40. The van der Waals surface area contributed by atoms with E-state index >= 15 is 0 Å². The second-order valence-electron chi connectivity index (χ2n) is 5.83. The van der Waals surface area contributed by atoms with Crippen LogP contribution in [0.25, 0.3) is 6.08 Å². The molecule has 0 aromatic heterocycles. The van der Waals surface area contributed by atoms with Crippen molar-refractivity contribution < 1.29 is 14.3 Å².